The summed E-state index contributed by atoms with van der Waals surface area (Å²) in [6.45, 7) is 8.09. The lowest BCUT2D eigenvalue weighted by molar-refractivity contribution is -0.128. The number of hydrogen-bond donors (Lipinski definition) is 0. The van der Waals surface area contributed by atoms with Crippen LogP contribution in [0.4, 0.5) is 10.2 Å². The van der Waals surface area contributed by atoms with Gasteiger partial charge in [0, 0.05) is 56.9 Å². The van der Waals surface area contributed by atoms with E-state index in [1.54, 1.807) is 4.90 Å². The van der Waals surface area contributed by atoms with Gasteiger partial charge in [0.15, 0.2) is 0 Å². The average molecular weight is 560 g/mol. The zero-order valence-corrected chi connectivity index (χ0v) is 23.6. The fourth-order valence-electron chi connectivity index (χ4n) is 7.09. The van der Waals surface area contributed by atoms with E-state index in [-0.39, 0.29) is 31.1 Å². The van der Waals surface area contributed by atoms with Crippen molar-refractivity contribution in [2.75, 3.05) is 50.9 Å². The number of nitrogens with zero attached hydrogens (tertiary/aromatic N) is 7. The van der Waals surface area contributed by atoms with Crippen LogP contribution in [-0.4, -0.2) is 88.7 Å². The lowest BCUT2D eigenvalue weighted by Crippen LogP contribution is -2.55. The quantitative estimate of drug-likeness (QED) is 0.432. The summed E-state index contributed by atoms with van der Waals surface area (Å²) in [6, 6.07) is 11.5. The highest BCUT2D eigenvalue weighted by molar-refractivity contribution is 5.87. The number of benzene rings is 1. The number of aryl methyl sites for hydroxylation is 1. The van der Waals surface area contributed by atoms with E-state index in [0.717, 1.165) is 55.8 Å². The summed E-state index contributed by atoms with van der Waals surface area (Å²) >= 11 is 0. The molecule has 3 atom stereocenters. The summed E-state index contributed by atoms with van der Waals surface area (Å²) in [6.07, 6.45) is 5.73. The molecule has 41 heavy (non-hydrogen) atoms. The molecule has 9 nitrogen and oxygen atoms in total. The second-order valence-corrected chi connectivity index (χ2v) is 11.4. The first-order valence-electron chi connectivity index (χ1n) is 14.8. The molecule has 0 spiro atoms. The molecule has 0 bridgehead atoms. The van der Waals surface area contributed by atoms with Crippen molar-refractivity contribution in [3.63, 3.8) is 0 Å². The fourth-order valence-corrected chi connectivity index (χ4v) is 7.09. The predicted molar refractivity (Wildman–Crippen MR) is 153 cm³/mol. The molecule has 2 aromatic rings. The first-order valence-corrected chi connectivity index (χ1v) is 14.8. The van der Waals surface area contributed by atoms with Gasteiger partial charge in [0.1, 0.15) is 19.1 Å². The second-order valence-electron chi connectivity index (χ2n) is 11.4. The van der Waals surface area contributed by atoms with Crippen LogP contribution in [0.5, 0.6) is 6.01 Å². The minimum Gasteiger partial charge on any atom is -0.462 e. The summed E-state index contributed by atoms with van der Waals surface area (Å²) in [5.41, 5.74) is 4.88. The van der Waals surface area contributed by atoms with E-state index in [9.17, 15) is 14.4 Å². The first-order chi connectivity index (χ1) is 20.1. The van der Waals surface area contributed by atoms with Crippen LogP contribution in [0.25, 0.3) is 0 Å². The SMILES string of the molecule is C=CC(=O)N1CCN(c2nc(OC[C@@H]3CCCN3CCF)nc3c2CN(C2CCc4ccccc42)C3)C[C@@H]1CC#N. The molecule has 1 aromatic carbocycles. The molecule has 2 saturated heterocycles. The number of likely N-dealkylation sites (tertiary alicyclic amines) is 1. The van der Waals surface area contributed by atoms with Crippen molar-refractivity contribution in [3.8, 4) is 12.1 Å². The van der Waals surface area contributed by atoms with E-state index >= 15 is 0 Å². The number of aromatic nitrogens is 2. The normalized spacial score (nSPS) is 24.2. The Labute approximate surface area is 241 Å². The number of carbonyl (C=O) groups is 1. The topological polar surface area (TPSA) is 88.8 Å². The number of nitriles is 1. The van der Waals surface area contributed by atoms with Crippen molar-refractivity contribution in [1.82, 2.24) is 24.7 Å². The highest BCUT2D eigenvalue weighted by Crippen LogP contribution is 2.42. The van der Waals surface area contributed by atoms with Crippen LogP contribution in [-0.2, 0) is 24.3 Å². The van der Waals surface area contributed by atoms with Gasteiger partial charge < -0.3 is 14.5 Å². The van der Waals surface area contributed by atoms with Gasteiger partial charge in [-0.3, -0.25) is 14.6 Å². The Hall–Kier alpha value is -3.55. The molecule has 0 N–H and O–H groups in total. The Morgan fingerprint density at radius 3 is 2.88 bits per heavy atom. The monoisotopic (exact) mass is 559 g/mol. The Bertz CT molecular complexity index is 1330. The van der Waals surface area contributed by atoms with Crippen molar-refractivity contribution in [1.29, 1.82) is 5.26 Å². The van der Waals surface area contributed by atoms with Gasteiger partial charge in [-0.1, -0.05) is 30.8 Å². The maximum Gasteiger partial charge on any atom is 0.318 e. The summed E-state index contributed by atoms with van der Waals surface area (Å²) in [7, 11) is 0. The highest BCUT2D eigenvalue weighted by Gasteiger charge is 2.37. The van der Waals surface area contributed by atoms with E-state index < -0.39 is 0 Å². The van der Waals surface area contributed by atoms with E-state index in [2.05, 4.69) is 51.6 Å². The molecule has 1 unspecified atom stereocenters. The third-order valence-electron chi connectivity index (χ3n) is 9.15. The van der Waals surface area contributed by atoms with Crippen LogP contribution in [0.15, 0.2) is 36.9 Å². The van der Waals surface area contributed by atoms with Gasteiger partial charge in [-0.2, -0.15) is 15.2 Å². The zero-order valence-electron chi connectivity index (χ0n) is 23.6. The minimum atomic E-state index is -0.361. The maximum atomic E-state index is 13.1. The van der Waals surface area contributed by atoms with Crippen LogP contribution in [0.2, 0.25) is 0 Å². The van der Waals surface area contributed by atoms with Gasteiger partial charge in [-0.25, -0.2) is 4.39 Å². The van der Waals surface area contributed by atoms with Gasteiger partial charge in [0.05, 0.1) is 24.2 Å². The molecule has 4 heterocycles. The first kappa shape index (κ1) is 27.6. The van der Waals surface area contributed by atoms with Crippen LogP contribution >= 0.6 is 0 Å². The molecule has 6 rings (SSSR count). The number of amides is 1. The molecular formula is C31H38FN7O2. The third-order valence-corrected chi connectivity index (χ3v) is 9.15. The summed E-state index contributed by atoms with van der Waals surface area (Å²) in [5, 5.41) is 9.50. The Morgan fingerprint density at radius 2 is 2.05 bits per heavy atom. The van der Waals surface area contributed by atoms with Crippen LogP contribution in [0.1, 0.15) is 54.1 Å². The van der Waals surface area contributed by atoms with E-state index in [0.29, 0.717) is 51.4 Å². The number of fused-ring (bicyclic) bond motifs is 2. The lowest BCUT2D eigenvalue weighted by atomic mass is 10.1. The summed E-state index contributed by atoms with van der Waals surface area (Å²) in [5.74, 6) is 0.682. The number of carbonyl (C=O) groups excluding carboxylic acids is 1. The van der Waals surface area contributed by atoms with Crippen molar-refractivity contribution in [2.45, 2.75) is 63.3 Å². The van der Waals surface area contributed by atoms with Gasteiger partial charge >= 0.3 is 6.01 Å². The van der Waals surface area contributed by atoms with E-state index in [4.69, 9.17) is 14.7 Å². The number of piperazine rings is 1. The average Bonchev–Trinajstić information content (AvgIpc) is 3.73. The molecule has 4 aliphatic rings. The molecule has 3 aliphatic heterocycles. The molecule has 0 radical (unpaired) electrons. The molecule has 2 fully saturated rings. The summed E-state index contributed by atoms with van der Waals surface area (Å²) < 4.78 is 19.3. The molecular weight excluding hydrogens is 521 g/mol. The fraction of sp³-hybridized carbons (Fsp3) is 0.548. The lowest BCUT2D eigenvalue weighted by Gasteiger charge is -2.41. The predicted octanol–water partition coefficient (Wildman–Crippen LogP) is 3.41. The van der Waals surface area contributed by atoms with Gasteiger partial charge in [-0.05, 0) is 49.4 Å². The smallest absolute Gasteiger partial charge is 0.318 e. The third kappa shape index (κ3) is 5.53. The number of rotatable bonds is 9. The van der Waals surface area contributed by atoms with Crippen LogP contribution in [0, 0.1) is 11.3 Å². The molecule has 10 heteroatoms. The van der Waals surface area contributed by atoms with E-state index in [1.807, 2.05) is 0 Å². The number of alkyl halides is 1. The molecule has 0 saturated carbocycles. The molecule has 1 amide bonds. The number of halogens is 1. The Balaban J connectivity index is 1.27. The standard InChI is InChI=1S/C31H38FN7O2/c1-2-29(40)39-17-16-37(18-23(39)11-13-33)30-26-19-38(28-10-9-22-6-3-4-8-25(22)28)20-27(26)34-31(35-30)41-21-24-7-5-14-36(24)15-12-32/h2-4,6,8,23-24,28H,1,5,7,9-12,14-21H2/t23-,24-,28?/m0/s1. The number of ether oxygens (including phenoxy) is 1. The van der Waals surface area contributed by atoms with Gasteiger partial charge in [-0.15, -0.1) is 0 Å². The largest absolute Gasteiger partial charge is 0.462 e. The van der Waals surface area contributed by atoms with Gasteiger partial charge in [0.2, 0.25) is 5.91 Å². The Kier molecular flexibility index (Phi) is 8.17. The van der Waals surface area contributed by atoms with Crippen molar-refractivity contribution < 1.29 is 13.9 Å². The molecule has 1 aromatic heterocycles. The zero-order chi connectivity index (χ0) is 28.3. The van der Waals surface area contributed by atoms with E-state index in [1.165, 1.54) is 17.2 Å². The Morgan fingerprint density at radius 1 is 1.17 bits per heavy atom. The maximum absolute atomic E-state index is 13.1. The van der Waals surface area contributed by atoms with Crippen LogP contribution < -0.4 is 9.64 Å². The number of hydrogen-bond acceptors (Lipinski definition) is 8. The summed E-state index contributed by atoms with van der Waals surface area (Å²) in [4.78, 5) is 30.9. The molecule has 216 valence electrons. The van der Waals surface area contributed by atoms with Gasteiger partial charge in [0.25, 0.3) is 0 Å². The van der Waals surface area contributed by atoms with Crippen molar-refractivity contribution >= 4 is 11.7 Å². The second kappa shape index (κ2) is 12.1. The minimum absolute atomic E-state index is 0.151. The van der Waals surface area contributed by atoms with Crippen molar-refractivity contribution in [3.05, 3.63) is 59.3 Å². The van der Waals surface area contributed by atoms with Crippen LogP contribution in [0.3, 0.4) is 0 Å². The van der Waals surface area contributed by atoms with Crippen molar-refractivity contribution in [2.24, 2.45) is 0 Å². The molecule has 1 aliphatic carbocycles. The highest BCUT2D eigenvalue weighted by atomic mass is 19.1. The number of anilines is 1.